The number of benzene rings is 1. The molecule has 0 saturated heterocycles. The van der Waals surface area contributed by atoms with Gasteiger partial charge in [-0.2, -0.15) is 0 Å². The highest BCUT2D eigenvalue weighted by Crippen LogP contribution is 2.39. The normalized spacial score (nSPS) is 17.6. The van der Waals surface area contributed by atoms with Crippen LogP contribution >= 0.6 is 15.9 Å². The zero-order chi connectivity index (χ0) is 12.4. The number of hydrogen-bond donors (Lipinski definition) is 1. The fourth-order valence-corrected chi connectivity index (χ4v) is 3.38. The molecule has 0 amide bonds. The van der Waals surface area contributed by atoms with Crippen molar-refractivity contribution in [3.8, 4) is 0 Å². The Morgan fingerprint density at radius 3 is 2.41 bits per heavy atom. The van der Waals surface area contributed by atoms with Gasteiger partial charge >= 0.3 is 0 Å². The summed E-state index contributed by atoms with van der Waals surface area (Å²) in [6, 6.07) is 4.41. The van der Waals surface area contributed by atoms with Crippen LogP contribution in [-0.4, -0.2) is 0 Å². The van der Waals surface area contributed by atoms with Crippen LogP contribution < -0.4 is 5.73 Å². The molecule has 1 nitrogen and oxygen atoms in total. The van der Waals surface area contributed by atoms with Crippen LogP contribution in [0.4, 0.5) is 5.69 Å². The maximum Gasteiger partial charge on any atom is 0.0385 e. The van der Waals surface area contributed by atoms with Gasteiger partial charge in [-0.05, 0) is 47.9 Å². The molecule has 0 heterocycles. The Kier molecular flexibility index (Phi) is 4.13. The van der Waals surface area contributed by atoms with Crippen LogP contribution in [0.3, 0.4) is 0 Å². The van der Waals surface area contributed by atoms with Crippen molar-refractivity contribution in [2.24, 2.45) is 0 Å². The molecule has 0 radical (unpaired) electrons. The molecule has 2 rings (SSSR count). The van der Waals surface area contributed by atoms with Gasteiger partial charge in [-0.25, -0.2) is 0 Å². The molecular weight excluding hydrogens is 274 g/mol. The van der Waals surface area contributed by atoms with E-state index in [2.05, 4.69) is 41.9 Å². The fourth-order valence-electron chi connectivity index (χ4n) is 2.89. The Hall–Kier alpha value is -0.500. The SMILES string of the molecule is CC(C)c1cc(Br)cc(C2CCCCC2)c1N. The van der Waals surface area contributed by atoms with Crippen LogP contribution in [0.1, 0.15) is 68.9 Å². The van der Waals surface area contributed by atoms with E-state index in [-0.39, 0.29) is 0 Å². The number of halogens is 1. The number of rotatable bonds is 2. The van der Waals surface area contributed by atoms with E-state index in [1.54, 1.807) is 0 Å². The minimum atomic E-state index is 0.495. The second-order valence-corrected chi connectivity index (χ2v) is 6.40. The van der Waals surface area contributed by atoms with Gasteiger partial charge in [-0.15, -0.1) is 0 Å². The molecule has 0 unspecified atom stereocenters. The molecule has 1 aromatic carbocycles. The summed E-state index contributed by atoms with van der Waals surface area (Å²) in [7, 11) is 0. The van der Waals surface area contributed by atoms with Crippen molar-refractivity contribution < 1.29 is 0 Å². The van der Waals surface area contributed by atoms with Gasteiger partial charge < -0.3 is 5.73 Å². The zero-order valence-electron chi connectivity index (χ0n) is 10.8. The lowest BCUT2D eigenvalue weighted by molar-refractivity contribution is 0.444. The second-order valence-electron chi connectivity index (χ2n) is 5.49. The van der Waals surface area contributed by atoms with Crippen LogP contribution in [-0.2, 0) is 0 Å². The smallest absolute Gasteiger partial charge is 0.0385 e. The molecule has 1 aromatic rings. The van der Waals surface area contributed by atoms with Crippen molar-refractivity contribution in [1.82, 2.24) is 0 Å². The molecule has 0 aromatic heterocycles. The fraction of sp³-hybridized carbons (Fsp3) is 0.600. The third-order valence-electron chi connectivity index (χ3n) is 3.88. The molecule has 1 aliphatic carbocycles. The Morgan fingerprint density at radius 1 is 1.18 bits per heavy atom. The predicted molar refractivity (Wildman–Crippen MR) is 78.5 cm³/mol. The van der Waals surface area contributed by atoms with Crippen molar-refractivity contribution in [3.63, 3.8) is 0 Å². The van der Waals surface area contributed by atoms with E-state index in [4.69, 9.17) is 5.73 Å². The summed E-state index contributed by atoms with van der Waals surface area (Å²) in [5.41, 5.74) is 10.1. The summed E-state index contributed by atoms with van der Waals surface area (Å²) in [6.45, 7) is 4.42. The molecule has 94 valence electrons. The average molecular weight is 296 g/mol. The lowest BCUT2D eigenvalue weighted by Crippen LogP contribution is -2.09. The van der Waals surface area contributed by atoms with Crippen LogP contribution in [0.25, 0.3) is 0 Å². The van der Waals surface area contributed by atoms with Gasteiger partial charge in [0, 0.05) is 10.2 Å². The van der Waals surface area contributed by atoms with Gasteiger partial charge in [0.25, 0.3) is 0 Å². The number of hydrogen-bond acceptors (Lipinski definition) is 1. The summed E-state index contributed by atoms with van der Waals surface area (Å²) in [6.07, 6.45) is 6.71. The first-order valence-electron chi connectivity index (χ1n) is 6.68. The average Bonchev–Trinajstić information content (AvgIpc) is 2.32. The maximum atomic E-state index is 6.36. The van der Waals surface area contributed by atoms with Gasteiger partial charge in [0.15, 0.2) is 0 Å². The Bertz CT molecular complexity index is 392. The molecular formula is C15H22BrN. The first-order valence-corrected chi connectivity index (χ1v) is 7.47. The number of anilines is 1. The van der Waals surface area contributed by atoms with Crippen LogP contribution in [0.2, 0.25) is 0 Å². The lowest BCUT2D eigenvalue weighted by Gasteiger charge is -2.25. The van der Waals surface area contributed by atoms with Crippen molar-refractivity contribution in [2.75, 3.05) is 5.73 Å². The van der Waals surface area contributed by atoms with E-state index >= 15 is 0 Å². The topological polar surface area (TPSA) is 26.0 Å². The highest BCUT2D eigenvalue weighted by Gasteiger charge is 2.20. The highest BCUT2D eigenvalue weighted by atomic mass is 79.9. The standard InChI is InChI=1S/C15H22BrN/c1-10(2)13-8-12(16)9-14(15(13)17)11-6-4-3-5-7-11/h8-11H,3-7,17H2,1-2H3. The second kappa shape index (κ2) is 5.43. The van der Waals surface area contributed by atoms with E-state index in [1.807, 2.05) is 0 Å². The van der Waals surface area contributed by atoms with Crippen LogP contribution in [0.5, 0.6) is 0 Å². The van der Waals surface area contributed by atoms with Crippen LogP contribution in [0.15, 0.2) is 16.6 Å². The Balaban J connectivity index is 2.38. The van der Waals surface area contributed by atoms with Gasteiger partial charge in [0.2, 0.25) is 0 Å². The quantitative estimate of drug-likeness (QED) is 0.746. The minimum Gasteiger partial charge on any atom is -0.398 e. The number of nitrogen functional groups attached to an aromatic ring is 1. The molecule has 0 aliphatic heterocycles. The first-order chi connectivity index (χ1) is 8.09. The summed E-state index contributed by atoms with van der Waals surface area (Å²) in [5, 5.41) is 0. The third-order valence-corrected chi connectivity index (χ3v) is 4.33. The summed E-state index contributed by atoms with van der Waals surface area (Å²) < 4.78 is 1.18. The number of nitrogens with two attached hydrogens (primary N) is 1. The van der Waals surface area contributed by atoms with Crippen molar-refractivity contribution in [2.45, 2.75) is 57.8 Å². The minimum absolute atomic E-state index is 0.495. The van der Waals surface area contributed by atoms with Gasteiger partial charge in [-0.1, -0.05) is 49.0 Å². The first kappa shape index (κ1) is 12.9. The van der Waals surface area contributed by atoms with Crippen molar-refractivity contribution in [1.29, 1.82) is 0 Å². The zero-order valence-corrected chi connectivity index (χ0v) is 12.4. The Labute approximate surface area is 113 Å². The van der Waals surface area contributed by atoms with E-state index < -0.39 is 0 Å². The molecule has 17 heavy (non-hydrogen) atoms. The molecule has 2 N–H and O–H groups in total. The van der Waals surface area contributed by atoms with Gasteiger partial charge in [-0.3, -0.25) is 0 Å². The predicted octanol–water partition coefficient (Wildman–Crippen LogP) is 5.20. The van der Waals surface area contributed by atoms with Crippen molar-refractivity contribution in [3.05, 3.63) is 27.7 Å². The van der Waals surface area contributed by atoms with E-state index in [1.165, 1.54) is 47.7 Å². The van der Waals surface area contributed by atoms with E-state index in [0.717, 1.165) is 5.69 Å². The molecule has 1 fully saturated rings. The summed E-state index contributed by atoms with van der Waals surface area (Å²) in [5.74, 6) is 1.17. The largest absolute Gasteiger partial charge is 0.398 e. The molecule has 0 atom stereocenters. The molecule has 0 spiro atoms. The molecule has 2 heteroatoms. The molecule has 1 aliphatic rings. The lowest BCUT2D eigenvalue weighted by atomic mass is 9.82. The van der Waals surface area contributed by atoms with E-state index in [9.17, 15) is 0 Å². The monoisotopic (exact) mass is 295 g/mol. The maximum absolute atomic E-state index is 6.36. The van der Waals surface area contributed by atoms with E-state index in [0.29, 0.717) is 11.8 Å². The van der Waals surface area contributed by atoms with Gasteiger partial charge in [0.1, 0.15) is 0 Å². The summed E-state index contributed by atoms with van der Waals surface area (Å²) in [4.78, 5) is 0. The van der Waals surface area contributed by atoms with Gasteiger partial charge in [0.05, 0.1) is 0 Å². The molecule has 0 bridgehead atoms. The highest BCUT2D eigenvalue weighted by molar-refractivity contribution is 9.10. The van der Waals surface area contributed by atoms with Crippen LogP contribution in [0, 0.1) is 0 Å². The Morgan fingerprint density at radius 2 is 1.82 bits per heavy atom. The third kappa shape index (κ3) is 2.85. The molecule has 1 saturated carbocycles. The van der Waals surface area contributed by atoms with Crippen molar-refractivity contribution >= 4 is 21.6 Å². The summed E-state index contributed by atoms with van der Waals surface area (Å²) >= 11 is 3.63.